The molecule has 0 nitrogen and oxygen atoms in total. The SMILES string of the molecule is c1ccc(-c2cc(-c3ccc4ccc5cccc6ccc3c4c56)ccc2-c2ccc(-c3ccc4ccc5cccc6ccc3c4c56)cc2-c2ccc3ccccc3c2)cc1. The third kappa shape index (κ3) is 4.98. The molecule has 0 N–H and O–H groups in total. The van der Waals surface area contributed by atoms with Gasteiger partial charge in [-0.15, -0.1) is 0 Å². The molecule has 13 aromatic rings. The van der Waals surface area contributed by atoms with Gasteiger partial charge in [-0.25, -0.2) is 0 Å². The Hall–Kier alpha value is -7.80. The number of hydrogen-bond acceptors (Lipinski definition) is 0. The van der Waals surface area contributed by atoms with E-state index in [-0.39, 0.29) is 0 Å². The van der Waals surface area contributed by atoms with Crippen LogP contribution in [0.2, 0.25) is 0 Å². The fraction of sp³-hybridized carbons (Fsp3) is 0. The van der Waals surface area contributed by atoms with E-state index >= 15 is 0 Å². The largest absolute Gasteiger partial charge is 0.0622 e. The molecule has 0 heteroatoms. The highest BCUT2D eigenvalue weighted by Crippen LogP contribution is 2.46. The van der Waals surface area contributed by atoms with Gasteiger partial charge in [0.05, 0.1) is 0 Å². The lowest BCUT2D eigenvalue weighted by Gasteiger charge is -2.20. The second-order valence-corrected chi connectivity index (χ2v) is 16.4. The van der Waals surface area contributed by atoms with Gasteiger partial charge in [-0.3, -0.25) is 0 Å². The molecule has 0 aliphatic heterocycles. The van der Waals surface area contributed by atoms with E-state index in [1.165, 1.54) is 131 Å². The normalized spacial score (nSPS) is 12.0. The Bertz CT molecular complexity index is 3780. The number of benzene rings is 13. The first-order valence-electron chi connectivity index (χ1n) is 20.9. The van der Waals surface area contributed by atoms with Crippen LogP contribution in [0.25, 0.3) is 131 Å². The van der Waals surface area contributed by atoms with Crippen LogP contribution in [0.5, 0.6) is 0 Å². The van der Waals surface area contributed by atoms with Crippen molar-refractivity contribution in [3.05, 3.63) is 218 Å². The van der Waals surface area contributed by atoms with Gasteiger partial charge in [0.2, 0.25) is 0 Å². The molecule has 0 aromatic heterocycles. The summed E-state index contributed by atoms with van der Waals surface area (Å²) in [6.07, 6.45) is 0. The molecule has 0 unspecified atom stereocenters. The van der Waals surface area contributed by atoms with E-state index in [4.69, 9.17) is 0 Å². The second-order valence-electron chi connectivity index (χ2n) is 16.4. The maximum Gasteiger partial charge on any atom is -0.00206 e. The van der Waals surface area contributed by atoms with E-state index in [9.17, 15) is 0 Å². The van der Waals surface area contributed by atoms with Crippen LogP contribution >= 0.6 is 0 Å². The minimum atomic E-state index is 1.20. The van der Waals surface area contributed by atoms with Gasteiger partial charge in [0.15, 0.2) is 0 Å². The predicted molar refractivity (Wildman–Crippen MR) is 259 cm³/mol. The van der Waals surface area contributed by atoms with Gasteiger partial charge < -0.3 is 0 Å². The molecule has 0 bridgehead atoms. The number of hydrogen-bond donors (Lipinski definition) is 0. The van der Waals surface area contributed by atoms with Crippen molar-refractivity contribution in [3.8, 4) is 55.6 Å². The molecule has 0 radical (unpaired) electrons. The van der Waals surface area contributed by atoms with Gasteiger partial charge in [-0.2, -0.15) is 0 Å². The first-order valence-corrected chi connectivity index (χ1v) is 20.9. The van der Waals surface area contributed by atoms with Gasteiger partial charge in [-0.05, 0) is 149 Å². The summed E-state index contributed by atoms with van der Waals surface area (Å²) in [6, 6.07) is 81.6. The Kier molecular flexibility index (Phi) is 7.11. The molecule has 0 saturated heterocycles. The van der Waals surface area contributed by atoms with Crippen molar-refractivity contribution in [1.29, 1.82) is 0 Å². The Balaban J connectivity index is 1.05. The summed E-state index contributed by atoms with van der Waals surface area (Å²) in [6.45, 7) is 0. The van der Waals surface area contributed by atoms with Crippen molar-refractivity contribution in [2.75, 3.05) is 0 Å². The third-order valence-electron chi connectivity index (χ3n) is 13.2. The van der Waals surface area contributed by atoms with E-state index in [1.807, 2.05) is 0 Å². The smallest absolute Gasteiger partial charge is 0.00206 e. The molecule has 60 heavy (non-hydrogen) atoms. The molecular weight excluding hydrogens is 721 g/mol. The highest BCUT2D eigenvalue weighted by molar-refractivity contribution is 6.27. The maximum absolute atomic E-state index is 2.44. The van der Waals surface area contributed by atoms with Crippen molar-refractivity contribution in [3.63, 3.8) is 0 Å². The van der Waals surface area contributed by atoms with E-state index in [0.29, 0.717) is 0 Å². The lowest BCUT2D eigenvalue weighted by molar-refractivity contribution is 1.56. The summed E-state index contributed by atoms with van der Waals surface area (Å²) in [7, 11) is 0. The fourth-order valence-corrected chi connectivity index (χ4v) is 10.3. The lowest BCUT2D eigenvalue weighted by Crippen LogP contribution is -1.93. The first kappa shape index (κ1) is 33.2. The fourth-order valence-electron chi connectivity index (χ4n) is 10.3. The summed E-state index contributed by atoms with van der Waals surface area (Å²) in [5, 5.41) is 18.1. The quantitative estimate of drug-likeness (QED) is 0.153. The molecule has 0 saturated carbocycles. The molecule has 0 aliphatic carbocycles. The zero-order chi connectivity index (χ0) is 39.3. The summed E-state index contributed by atoms with van der Waals surface area (Å²) in [5.74, 6) is 0. The topological polar surface area (TPSA) is 0 Å². The van der Waals surface area contributed by atoms with Crippen molar-refractivity contribution in [2.45, 2.75) is 0 Å². The van der Waals surface area contributed by atoms with Gasteiger partial charge in [0.25, 0.3) is 0 Å². The molecule has 13 rings (SSSR count). The highest BCUT2D eigenvalue weighted by Gasteiger charge is 2.19. The third-order valence-corrected chi connectivity index (χ3v) is 13.2. The Morgan fingerprint density at radius 1 is 0.167 bits per heavy atom. The molecule has 0 aliphatic rings. The van der Waals surface area contributed by atoms with Crippen LogP contribution in [0.3, 0.4) is 0 Å². The lowest BCUT2D eigenvalue weighted by atomic mass is 9.84. The van der Waals surface area contributed by atoms with Crippen LogP contribution < -0.4 is 0 Å². The van der Waals surface area contributed by atoms with Gasteiger partial charge >= 0.3 is 0 Å². The van der Waals surface area contributed by atoms with E-state index < -0.39 is 0 Å². The number of fused-ring (bicyclic) bond motifs is 1. The average Bonchev–Trinajstić information content (AvgIpc) is 3.32. The van der Waals surface area contributed by atoms with Gasteiger partial charge in [0, 0.05) is 0 Å². The van der Waals surface area contributed by atoms with Crippen LogP contribution in [0, 0.1) is 0 Å². The van der Waals surface area contributed by atoms with Crippen LogP contribution in [-0.2, 0) is 0 Å². The Morgan fingerprint density at radius 3 is 1.08 bits per heavy atom. The van der Waals surface area contributed by atoms with Crippen LogP contribution in [0.4, 0.5) is 0 Å². The molecule has 0 amide bonds. The second kappa shape index (κ2) is 12.9. The average molecular weight is 757 g/mol. The molecular formula is C60H36. The molecule has 0 heterocycles. The molecule has 0 spiro atoms. The summed E-state index contributed by atoms with van der Waals surface area (Å²) in [4.78, 5) is 0. The minimum absolute atomic E-state index is 1.20. The van der Waals surface area contributed by atoms with Crippen molar-refractivity contribution in [1.82, 2.24) is 0 Å². The van der Waals surface area contributed by atoms with Crippen LogP contribution in [0.15, 0.2) is 218 Å². The first-order chi connectivity index (χ1) is 29.7. The maximum atomic E-state index is 2.44. The standard InChI is InChI=1S/C60H36/c1-2-9-38(10-3-1)55-35-47(49-28-22-43-19-17-39-12-6-14-41-24-32-53(49)59(43)57(39)41)26-30-51(55)52-31-27-48(36-56(52)46-21-16-37-8-4-5-11-45(37)34-46)50-29-23-44-20-18-40-13-7-15-42-25-33-54(50)60(44)58(40)42/h1-36H. The zero-order valence-corrected chi connectivity index (χ0v) is 32.8. The molecule has 13 aromatic carbocycles. The van der Waals surface area contributed by atoms with Crippen LogP contribution in [-0.4, -0.2) is 0 Å². The number of rotatable bonds is 5. The highest BCUT2D eigenvalue weighted by atomic mass is 14.2. The monoisotopic (exact) mass is 756 g/mol. The van der Waals surface area contributed by atoms with Crippen molar-refractivity contribution >= 4 is 75.4 Å². The van der Waals surface area contributed by atoms with E-state index in [2.05, 4.69) is 218 Å². The van der Waals surface area contributed by atoms with E-state index in [1.54, 1.807) is 0 Å². The molecule has 0 fully saturated rings. The van der Waals surface area contributed by atoms with E-state index in [0.717, 1.165) is 0 Å². The van der Waals surface area contributed by atoms with Gasteiger partial charge in [-0.1, -0.05) is 200 Å². The van der Waals surface area contributed by atoms with Crippen LogP contribution in [0.1, 0.15) is 0 Å². The Morgan fingerprint density at radius 2 is 0.533 bits per heavy atom. The van der Waals surface area contributed by atoms with Crippen molar-refractivity contribution in [2.24, 2.45) is 0 Å². The van der Waals surface area contributed by atoms with Gasteiger partial charge in [0.1, 0.15) is 0 Å². The predicted octanol–water partition coefficient (Wildman–Crippen LogP) is 17.0. The Labute approximate surface area is 347 Å². The molecule has 276 valence electrons. The summed E-state index contributed by atoms with van der Waals surface area (Å²) in [5.41, 5.74) is 12.2. The molecule has 0 atom stereocenters. The minimum Gasteiger partial charge on any atom is -0.0622 e. The van der Waals surface area contributed by atoms with Crippen molar-refractivity contribution < 1.29 is 0 Å². The zero-order valence-electron chi connectivity index (χ0n) is 32.8. The summed E-state index contributed by atoms with van der Waals surface area (Å²) < 4.78 is 0. The summed E-state index contributed by atoms with van der Waals surface area (Å²) >= 11 is 0.